The van der Waals surface area contributed by atoms with Crippen LogP contribution in [0.5, 0.6) is 23.0 Å². The Labute approximate surface area is 687 Å². The molecule has 0 aliphatic carbocycles. The number of amides is 11. The Kier molecular flexibility index (Phi) is 31.3. The Balaban J connectivity index is 0.000000182. The SMILES string of the molecule is CC(=O)Nc1ccc(C(=O)Nc2cccc(COc3cncc(C(N)=O)c3)c2)cc1.CCC(=O)c1ccc(C(=O)Nc2cccc(COc3cncc(C(N)=O)c3)c2)cc1.CN(C)C(=O)c1ccc(C(=O)Nc2cccc(COc3cncc(C(N)=O)c3)c2)cc1.NC(=O)c1ccc(C(=O)Nc2cccc(COc3cncc(C(N)=O)c3)c2)cc1. The van der Waals surface area contributed by atoms with Gasteiger partial charge in [-0.1, -0.05) is 67.6 Å². The molecular weight excluding hydrogens is 1540 g/mol. The molecule has 12 aromatic rings. The maximum atomic E-state index is 12.5. The Morgan fingerprint density at radius 1 is 0.292 bits per heavy atom. The Morgan fingerprint density at radius 2 is 0.542 bits per heavy atom. The monoisotopic (exact) mass is 1620 g/mol. The Hall–Kier alpha value is -16.6. The van der Waals surface area contributed by atoms with Gasteiger partial charge in [0.15, 0.2) is 5.78 Å². The number of anilines is 5. The van der Waals surface area contributed by atoms with Crippen LogP contribution in [0.1, 0.15) is 156 Å². The lowest BCUT2D eigenvalue weighted by Gasteiger charge is -2.11. The molecule has 0 saturated carbocycles. The zero-order valence-electron chi connectivity index (χ0n) is 65.1. The molecule has 31 nitrogen and oxygen atoms in total. The second kappa shape index (κ2) is 43.0. The van der Waals surface area contributed by atoms with E-state index in [1.54, 1.807) is 167 Å². The van der Waals surface area contributed by atoms with Crippen LogP contribution in [0.3, 0.4) is 0 Å². The molecular formula is C89H81N15O16. The minimum atomic E-state index is -0.587. The van der Waals surface area contributed by atoms with Crippen molar-refractivity contribution in [1.82, 2.24) is 24.8 Å². The van der Waals surface area contributed by atoms with Crippen molar-refractivity contribution in [3.8, 4) is 23.0 Å². The summed E-state index contributed by atoms with van der Waals surface area (Å²) in [5.74, 6) is -2.66. The number of aromatic nitrogens is 4. The average Bonchev–Trinajstić information content (AvgIpc) is 0.857. The highest BCUT2D eigenvalue weighted by Crippen LogP contribution is 2.24. The summed E-state index contributed by atoms with van der Waals surface area (Å²) in [6.45, 7) is 4.09. The number of nitrogens with two attached hydrogens (primary N) is 5. The number of carbonyl (C=O) groups excluding carboxylic acids is 12. The molecule has 0 atom stereocenters. The molecule has 15 N–H and O–H groups in total. The van der Waals surface area contributed by atoms with E-state index in [9.17, 15) is 57.5 Å². The van der Waals surface area contributed by atoms with E-state index in [4.69, 9.17) is 47.6 Å². The normalized spacial score (nSPS) is 10.2. The van der Waals surface area contributed by atoms with Crippen molar-refractivity contribution in [1.29, 1.82) is 0 Å². The third-order valence-electron chi connectivity index (χ3n) is 16.8. The van der Waals surface area contributed by atoms with Crippen LogP contribution < -0.4 is 74.2 Å². The highest BCUT2D eigenvalue weighted by Gasteiger charge is 2.17. The highest BCUT2D eigenvalue weighted by atomic mass is 16.5. The van der Waals surface area contributed by atoms with Gasteiger partial charge in [-0.05, 0) is 180 Å². The van der Waals surface area contributed by atoms with Gasteiger partial charge in [-0.15, -0.1) is 0 Å². The number of Topliss-reactive ketones (excluding diaryl/α,β-unsaturated/α-hetero) is 1. The number of nitrogens with zero attached hydrogens (tertiary/aromatic N) is 5. The number of ketones is 1. The zero-order chi connectivity index (χ0) is 86.2. The van der Waals surface area contributed by atoms with Gasteiger partial charge in [-0.2, -0.15) is 0 Å². The molecule has 0 saturated heterocycles. The number of hydrogen-bond acceptors (Lipinski definition) is 20. The molecule has 608 valence electrons. The summed E-state index contributed by atoms with van der Waals surface area (Å²) in [5, 5.41) is 13.9. The fourth-order valence-corrected chi connectivity index (χ4v) is 10.7. The van der Waals surface area contributed by atoms with Gasteiger partial charge in [0.05, 0.1) is 47.0 Å². The van der Waals surface area contributed by atoms with E-state index in [2.05, 4.69) is 46.5 Å². The predicted molar refractivity (Wildman–Crippen MR) is 447 cm³/mol. The summed E-state index contributed by atoms with van der Waals surface area (Å²) in [6.07, 6.45) is 11.8. The Morgan fingerprint density at radius 3 is 0.792 bits per heavy atom. The maximum Gasteiger partial charge on any atom is 0.255 e. The van der Waals surface area contributed by atoms with Gasteiger partial charge in [0.2, 0.25) is 35.4 Å². The third-order valence-corrected chi connectivity index (χ3v) is 16.8. The molecule has 0 spiro atoms. The van der Waals surface area contributed by atoms with Gasteiger partial charge < -0.3 is 79.1 Å². The molecule has 31 heteroatoms. The fourth-order valence-electron chi connectivity index (χ4n) is 10.7. The van der Waals surface area contributed by atoms with Crippen LogP contribution in [0.2, 0.25) is 0 Å². The van der Waals surface area contributed by atoms with Gasteiger partial charge in [-0.25, -0.2) is 0 Å². The Bertz CT molecular complexity index is 5730. The number of primary amides is 5. The van der Waals surface area contributed by atoms with Crippen molar-refractivity contribution < 1.29 is 76.5 Å². The van der Waals surface area contributed by atoms with Crippen LogP contribution in [0, 0.1) is 0 Å². The largest absolute Gasteiger partial charge is 0.487 e. The molecule has 120 heavy (non-hydrogen) atoms. The first-order valence-corrected chi connectivity index (χ1v) is 36.5. The van der Waals surface area contributed by atoms with Crippen molar-refractivity contribution in [2.24, 2.45) is 28.7 Å². The van der Waals surface area contributed by atoms with E-state index in [1.165, 1.54) is 110 Å². The van der Waals surface area contributed by atoms with Crippen LogP contribution in [-0.2, 0) is 31.2 Å². The minimum absolute atomic E-state index is 0.0335. The summed E-state index contributed by atoms with van der Waals surface area (Å²) in [4.78, 5) is 158. The number of benzene rings is 8. The van der Waals surface area contributed by atoms with E-state index < -0.39 is 29.5 Å². The molecule has 0 unspecified atom stereocenters. The number of hydrogen-bond donors (Lipinski definition) is 10. The van der Waals surface area contributed by atoms with E-state index in [0.717, 1.165) is 22.3 Å². The van der Waals surface area contributed by atoms with E-state index in [0.29, 0.717) is 96.8 Å². The second-order valence-electron chi connectivity index (χ2n) is 26.2. The summed E-state index contributed by atoms with van der Waals surface area (Å²) < 4.78 is 22.6. The first-order chi connectivity index (χ1) is 57.6. The molecule has 8 aromatic carbocycles. The summed E-state index contributed by atoms with van der Waals surface area (Å²) in [5.41, 5.74) is 36.6. The molecule has 4 heterocycles. The highest BCUT2D eigenvalue weighted by molar-refractivity contribution is 6.08. The molecule has 0 radical (unpaired) electrons. The summed E-state index contributed by atoms with van der Waals surface area (Å²) in [6, 6.07) is 60.5. The quantitative estimate of drug-likeness (QED) is 0.0195. The van der Waals surface area contributed by atoms with Crippen LogP contribution >= 0.6 is 0 Å². The van der Waals surface area contributed by atoms with Crippen molar-refractivity contribution in [3.63, 3.8) is 0 Å². The van der Waals surface area contributed by atoms with Gasteiger partial charge in [0.25, 0.3) is 29.5 Å². The van der Waals surface area contributed by atoms with Crippen molar-refractivity contribution in [3.05, 3.63) is 351 Å². The molecule has 11 amide bonds. The van der Waals surface area contributed by atoms with Crippen LogP contribution in [0.4, 0.5) is 28.4 Å². The number of carbonyl (C=O) groups is 12. The maximum absolute atomic E-state index is 12.5. The van der Waals surface area contributed by atoms with Gasteiger partial charge in [-0.3, -0.25) is 77.5 Å². The number of pyridine rings is 4. The first-order valence-electron chi connectivity index (χ1n) is 36.5. The zero-order valence-corrected chi connectivity index (χ0v) is 65.1. The molecule has 0 aliphatic heterocycles. The standard InChI is InChI=1S/C23H22N4O4.C23H21N3O4.C22H20N4O4.C21H18N4O4/c1-27(2)23(30)17-8-6-16(7-9-17)22(29)26-19-5-3-4-15(10-19)14-31-20-11-18(21(24)28)12-25-13-20;1-2-21(27)16-6-8-17(9-7-16)23(29)26-19-5-3-4-15(10-19)14-30-20-11-18(22(24)28)12-25-13-20;1-14(27)25-18-7-5-16(6-8-18)22(29)26-19-4-2-3-15(9-19)13-30-20-10-17(21(23)28)11-24-12-20;22-19(26)14-4-6-15(7-5-14)21(28)25-17-3-1-2-13(8-17)12-29-18-9-16(20(23)27)10-24-11-18/h3-13H,14H2,1-2H3,(H2,24,28)(H,26,29);3-13H,2,14H2,1H3,(H2,24,28)(H,26,29);2-12H,13H2,1H3,(H2,23,28)(H,25,27)(H,26,29);1-11H,12H2,(H2,22,26)(H2,23,27)(H,25,28). The van der Waals surface area contributed by atoms with Crippen molar-refractivity contribution >= 4 is 99.2 Å². The van der Waals surface area contributed by atoms with Gasteiger partial charge in [0.1, 0.15) is 49.4 Å². The summed E-state index contributed by atoms with van der Waals surface area (Å²) >= 11 is 0. The van der Waals surface area contributed by atoms with Crippen molar-refractivity contribution in [2.75, 3.05) is 40.7 Å². The molecule has 0 fully saturated rings. The average molecular weight is 1620 g/mol. The van der Waals surface area contributed by atoms with E-state index >= 15 is 0 Å². The van der Waals surface area contributed by atoms with Crippen LogP contribution in [-0.4, -0.2) is 110 Å². The first kappa shape index (κ1) is 87.4. The molecule has 12 rings (SSSR count). The minimum Gasteiger partial charge on any atom is -0.487 e. The van der Waals surface area contributed by atoms with E-state index in [1.807, 2.05) is 24.3 Å². The van der Waals surface area contributed by atoms with Gasteiger partial charge in [0, 0.05) is 120 Å². The predicted octanol–water partition coefficient (Wildman–Crippen LogP) is 11.4. The summed E-state index contributed by atoms with van der Waals surface area (Å²) in [7, 11) is 3.34. The number of rotatable bonds is 29. The van der Waals surface area contributed by atoms with Crippen LogP contribution in [0.15, 0.2) is 268 Å². The second-order valence-corrected chi connectivity index (χ2v) is 26.2. The fraction of sp³-hybridized carbons (Fsp3) is 0.101. The molecule has 4 aromatic heterocycles. The molecule has 0 bridgehead atoms. The number of nitrogens with one attached hydrogen (secondary N) is 5. The number of ether oxygens (including phenoxy) is 4. The smallest absolute Gasteiger partial charge is 0.255 e. The lowest BCUT2D eigenvalue weighted by molar-refractivity contribution is -0.114. The molecule has 0 aliphatic rings. The van der Waals surface area contributed by atoms with E-state index in [-0.39, 0.29) is 89.9 Å². The van der Waals surface area contributed by atoms with Gasteiger partial charge >= 0.3 is 0 Å². The topological polar surface area (TPSA) is 487 Å². The lowest BCUT2D eigenvalue weighted by Crippen LogP contribution is -2.21. The third kappa shape index (κ3) is 27.3. The lowest BCUT2D eigenvalue weighted by atomic mass is 10.1. The van der Waals surface area contributed by atoms with Crippen LogP contribution in [0.25, 0.3) is 0 Å². The van der Waals surface area contributed by atoms with Crippen molar-refractivity contribution in [2.45, 2.75) is 46.7 Å².